The number of piperidine rings is 2. The number of hydrogen-bond donors (Lipinski definition) is 3. The van der Waals surface area contributed by atoms with Gasteiger partial charge in [0.05, 0.1) is 12.1 Å². The highest BCUT2D eigenvalue weighted by Crippen LogP contribution is 2.33. The first-order valence-corrected chi connectivity index (χ1v) is 10.4. The fourth-order valence-electron chi connectivity index (χ4n) is 4.84. The second-order valence-electron chi connectivity index (χ2n) is 7.74. The molecule has 4 heterocycles. The molecular weight excluding hydrogens is 364 g/mol. The molecule has 146 valence electrons. The largest absolute Gasteiger partial charge is 0.418 e. The van der Waals surface area contributed by atoms with Crippen molar-refractivity contribution in [3.05, 3.63) is 0 Å². The van der Waals surface area contributed by atoms with E-state index >= 15 is 0 Å². The van der Waals surface area contributed by atoms with E-state index in [9.17, 15) is 18.0 Å². The number of nitrogens with zero attached hydrogens (tertiary/aromatic N) is 2. The van der Waals surface area contributed by atoms with Crippen molar-refractivity contribution in [2.45, 2.75) is 56.3 Å². The minimum Gasteiger partial charge on any atom is -0.314 e. The number of hydrogen-bond acceptors (Lipinski definition) is 7. The van der Waals surface area contributed by atoms with Crippen LogP contribution >= 0.6 is 0 Å². The van der Waals surface area contributed by atoms with Crippen LogP contribution in [0, 0.1) is 5.92 Å². The van der Waals surface area contributed by atoms with Crippen molar-refractivity contribution in [3.8, 4) is 0 Å². The van der Waals surface area contributed by atoms with Crippen molar-refractivity contribution in [2.24, 2.45) is 5.92 Å². The van der Waals surface area contributed by atoms with Crippen molar-refractivity contribution >= 4 is 22.2 Å². The van der Waals surface area contributed by atoms with Crippen LogP contribution in [0.1, 0.15) is 32.1 Å². The predicted molar refractivity (Wildman–Crippen MR) is 89.3 cm³/mol. The van der Waals surface area contributed by atoms with E-state index in [0.29, 0.717) is 42.3 Å². The number of urea groups is 1. The van der Waals surface area contributed by atoms with Gasteiger partial charge in [-0.3, -0.25) is 9.35 Å². The van der Waals surface area contributed by atoms with E-state index in [4.69, 9.17) is 4.55 Å². The summed E-state index contributed by atoms with van der Waals surface area (Å²) in [5, 5.41) is 7.62. The molecule has 4 fully saturated rings. The molecule has 2 unspecified atom stereocenters. The fourth-order valence-corrected chi connectivity index (χ4v) is 5.23. The Morgan fingerprint density at radius 1 is 1.23 bits per heavy atom. The van der Waals surface area contributed by atoms with Crippen LogP contribution in [0.3, 0.4) is 0 Å². The molecule has 2 amide bonds. The van der Waals surface area contributed by atoms with Gasteiger partial charge in [-0.05, 0) is 31.6 Å². The number of nitrogens with one attached hydrogen (secondary N) is 2. The number of rotatable bonds is 5. The maximum absolute atomic E-state index is 12.9. The third-order valence-electron chi connectivity index (χ3n) is 5.85. The van der Waals surface area contributed by atoms with Gasteiger partial charge in [0.1, 0.15) is 0 Å². The molecule has 0 saturated carbocycles. The predicted octanol–water partition coefficient (Wildman–Crippen LogP) is -0.711. The van der Waals surface area contributed by atoms with Crippen LogP contribution in [0.4, 0.5) is 4.79 Å². The minimum absolute atomic E-state index is 0.0310. The number of hydroxylamine groups is 2. The molecule has 0 aliphatic carbocycles. The molecule has 4 bridgehead atoms. The summed E-state index contributed by atoms with van der Waals surface area (Å²) in [7, 11) is -4.77. The lowest BCUT2D eigenvalue weighted by Crippen LogP contribution is -2.59. The topological polar surface area (TPSA) is 128 Å². The third kappa shape index (κ3) is 3.58. The monoisotopic (exact) mass is 388 g/mol. The molecule has 11 heteroatoms. The lowest BCUT2D eigenvalue weighted by atomic mass is 9.81. The number of piperazine rings is 1. The molecule has 10 nitrogen and oxygen atoms in total. The van der Waals surface area contributed by atoms with Gasteiger partial charge < -0.3 is 15.5 Å². The number of carbonyl (C=O) groups excluding carboxylic acids is 2. The Morgan fingerprint density at radius 2 is 1.92 bits per heavy atom. The normalized spacial score (nSPS) is 37.1. The summed E-state index contributed by atoms with van der Waals surface area (Å²) < 4.78 is 35.1. The smallest absolute Gasteiger partial charge is 0.314 e. The Labute approximate surface area is 152 Å². The quantitative estimate of drug-likeness (QED) is 0.527. The van der Waals surface area contributed by atoms with Crippen molar-refractivity contribution in [1.29, 1.82) is 0 Å². The highest BCUT2D eigenvalue weighted by molar-refractivity contribution is 7.80. The average Bonchev–Trinajstić information content (AvgIpc) is 2.78. The van der Waals surface area contributed by atoms with Crippen LogP contribution in [0.2, 0.25) is 0 Å². The molecule has 4 aliphatic rings. The molecule has 4 atom stereocenters. The van der Waals surface area contributed by atoms with E-state index in [-0.39, 0.29) is 12.3 Å². The van der Waals surface area contributed by atoms with Crippen molar-refractivity contribution < 1.29 is 26.8 Å². The molecule has 0 radical (unpaired) electrons. The van der Waals surface area contributed by atoms with Crippen LogP contribution in [0.15, 0.2) is 0 Å². The van der Waals surface area contributed by atoms with Gasteiger partial charge in [0, 0.05) is 38.1 Å². The summed E-state index contributed by atoms with van der Waals surface area (Å²) in [5.41, 5.74) is 0. The van der Waals surface area contributed by atoms with Gasteiger partial charge in [0.25, 0.3) is 0 Å². The molecule has 0 aromatic rings. The molecule has 26 heavy (non-hydrogen) atoms. The first-order valence-electron chi connectivity index (χ1n) is 9.06. The van der Waals surface area contributed by atoms with Gasteiger partial charge in [-0.25, -0.2) is 4.79 Å². The van der Waals surface area contributed by atoms with Crippen molar-refractivity contribution in [3.63, 3.8) is 0 Å². The zero-order valence-corrected chi connectivity index (χ0v) is 15.2. The number of carbonyl (C=O) groups is 2. The van der Waals surface area contributed by atoms with E-state index < -0.39 is 28.5 Å². The van der Waals surface area contributed by atoms with Crippen molar-refractivity contribution in [2.75, 3.05) is 19.6 Å². The van der Waals surface area contributed by atoms with Crippen LogP contribution in [0.5, 0.6) is 0 Å². The third-order valence-corrected chi connectivity index (χ3v) is 6.20. The Bertz CT molecular complexity index is 688. The number of Topliss-reactive ketones (excluding diaryl/α,β-unsaturated/α-hetero) is 1. The van der Waals surface area contributed by atoms with E-state index in [2.05, 4.69) is 14.9 Å². The van der Waals surface area contributed by atoms with Crippen molar-refractivity contribution in [1.82, 2.24) is 20.6 Å². The molecular formula is C15H24N4O6S. The average molecular weight is 388 g/mol. The minimum atomic E-state index is -4.77. The fraction of sp³-hybridized carbons (Fsp3) is 0.867. The Hall–Kier alpha value is -1.27. The highest BCUT2D eigenvalue weighted by atomic mass is 32.3. The maximum Gasteiger partial charge on any atom is 0.418 e. The summed E-state index contributed by atoms with van der Waals surface area (Å²) in [6.45, 7) is 2.07. The van der Waals surface area contributed by atoms with Gasteiger partial charge in [0.2, 0.25) is 0 Å². The molecule has 0 aromatic heterocycles. The second-order valence-corrected chi connectivity index (χ2v) is 8.74. The zero-order valence-electron chi connectivity index (χ0n) is 14.3. The van der Waals surface area contributed by atoms with E-state index in [1.54, 1.807) is 0 Å². The van der Waals surface area contributed by atoms with E-state index in [0.717, 1.165) is 25.9 Å². The highest BCUT2D eigenvalue weighted by Gasteiger charge is 2.49. The Kier molecular flexibility index (Phi) is 4.68. The Balaban J connectivity index is 1.39. The first kappa shape index (κ1) is 18.1. The summed E-state index contributed by atoms with van der Waals surface area (Å²) in [5.74, 6) is 0.338. The Morgan fingerprint density at radius 3 is 2.58 bits per heavy atom. The van der Waals surface area contributed by atoms with Gasteiger partial charge in [-0.2, -0.15) is 13.5 Å². The van der Waals surface area contributed by atoms with Gasteiger partial charge in [-0.1, -0.05) is 0 Å². The lowest BCUT2D eigenvalue weighted by molar-refractivity contribution is -0.125. The number of amides is 2. The van der Waals surface area contributed by atoms with Gasteiger partial charge >= 0.3 is 16.4 Å². The summed E-state index contributed by atoms with van der Waals surface area (Å²) in [6.07, 6.45) is 3.27. The zero-order chi connectivity index (χ0) is 18.5. The number of fused-ring (bicyclic) bond motifs is 4. The summed E-state index contributed by atoms with van der Waals surface area (Å²) in [6, 6.07) is -0.888. The molecule has 4 saturated heterocycles. The molecule has 0 spiro atoms. The van der Waals surface area contributed by atoms with E-state index in [1.807, 2.05) is 0 Å². The standard InChI is InChI=1S/C15H24N4O6S/c20-14(5-9-3-10-6-16-7-11(4-9)17-10)13-2-1-12-8-18(13)15(21)19(12)25-26(22,23)24/h9-13,16-17H,1-8H2,(H,22,23,24)/t9?,10?,11?,12-,13+/m1/s1. The van der Waals surface area contributed by atoms with Crippen LogP contribution < -0.4 is 10.6 Å². The SMILES string of the molecule is O=C(CC1CC2CNCC(C1)N2)[C@@H]1CC[C@@H]2CN1C(=O)N2OS(=O)(=O)O. The van der Waals surface area contributed by atoms with E-state index in [1.165, 1.54) is 4.90 Å². The summed E-state index contributed by atoms with van der Waals surface area (Å²) in [4.78, 5) is 26.6. The molecule has 3 N–H and O–H groups in total. The summed E-state index contributed by atoms with van der Waals surface area (Å²) >= 11 is 0. The number of ketones is 1. The van der Waals surface area contributed by atoms with Crippen LogP contribution in [0.25, 0.3) is 0 Å². The lowest BCUT2D eigenvalue weighted by Gasteiger charge is -2.41. The van der Waals surface area contributed by atoms with Crippen LogP contribution in [-0.4, -0.2) is 78.5 Å². The molecule has 4 rings (SSSR count). The van der Waals surface area contributed by atoms with Crippen LogP contribution in [-0.2, 0) is 19.5 Å². The maximum atomic E-state index is 12.9. The molecule has 0 aromatic carbocycles. The van der Waals surface area contributed by atoms with Gasteiger partial charge in [-0.15, -0.1) is 4.28 Å². The first-order chi connectivity index (χ1) is 12.3. The molecule has 4 aliphatic heterocycles. The second kappa shape index (κ2) is 6.71. The van der Waals surface area contributed by atoms with Gasteiger partial charge in [0.15, 0.2) is 5.78 Å².